The molecule has 26 heavy (non-hydrogen) atoms. The third kappa shape index (κ3) is 3.39. The van der Waals surface area contributed by atoms with Gasteiger partial charge in [-0.3, -0.25) is 4.79 Å². The van der Waals surface area contributed by atoms with Gasteiger partial charge in [0.15, 0.2) is 5.78 Å². The molecule has 0 amide bonds. The van der Waals surface area contributed by atoms with E-state index in [1.54, 1.807) is 23.5 Å². The molecule has 0 spiro atoms. The van der Waals surface area contributed by atoms with Crippen LogP contribution >= 0.6 is 23.5 Å². The van der Waals surface area contributed by atoms with Gasteiger partial charge in [-0.25, -0.2) is 0 Å². The van der Waals surface area contributed by atoms with Crippen molar-refractivity contribution in [3.8, 4) is 0 Å². The summed E-state index contributed by atoms with van der Waals surface area (Å²) in [5, 5.41) is 0. The molecule has 2 aromatic carbocycles. The third-order valence-electron chi connectivity index (χ3n) is 5.12. The first-order chi connectivity index (χ1) is 12.4. The Morgan fingerprint density at radius 2 is 1.62 bits per heavy atom. The summed E-state index contributed by atoms with van der Waals surface area (Å²) in [4.78, 5) is 15.9. The maximum Gasteiger partial charge on any atom is 0.190 e. The van der Waals surface area contributed by atoms with Crippen molar-refractivity contribution in [2.75, 3.05) is 0 Å². The lowest BCUT2D eigenvalue weighted by atomic mass is 9.87. The van der Waals surface area contributed by atoms with E-state index in [2.05, 4.69) is 45.0 Å². The minimum atomic E-state index is 0.144. The zero-order valence-electron chi connectivity index (χ0n) is 15.6. The minimum Gasteiger partial charge on any atom is -0.289 e. The van der Waals surface area contributed by atoms with E-state index >= 15 is 0 Å². The topological polar surface area (TPSA) is 17.1 Å². The predicted octanol–water partition coefficient (Wildman–Crippen LogP) is 7.00. The Morgan fingerprint density at radius 3 is 2.42 bits per heavy atom. The molecule has 1 aliphatic carbocycles. The SMILES string of the molecule is CC(C)(C)c1ccc2c(c1)S/C(=C1\CCCCc3ccccc3C1=O)S2. The summed E-state index contributed by atoms with van der Waals surface area (Å²) in [6, 6.07) is 14.9. The summed E-state index contributed by atoms with van der Waals surface area (Å²) in [6.07, 6.45) is 4.14. The first-order valence-corrected chi connectivity index (χ1v) is 10.9. The average Bonchev–Trinajstić information content (AvgIpc) is 3.02. The smallest absolute Gasteiger partial charge is 0.190 e. The van der Waals surface area contributed by atoms with Crippen molar-refractivity contribution in [1.29, 1.82) is 0 Å². The first-order valence-electron chi connectivity index (χ1n) is 9.29. The normalized spacial score (nSPS) is 20.3. The number of aryl methyl sites for hydroxylation is 1. The molecule has 0 saturated heterocycles. The fourth-order valence-electron chi connectivity index (χ4n) is 3.53. The lowest BCUT2D eigenvalue weighted by Gasteiger charge is -2.19. The van der Waals surface area contributed by atoms with Gasteiger partial charge in [0.1, 0.15) is 0 Å². The number of allylic oxidation sites excluding steroid dienone is 1. The van der Waals surface area contributed by atoms with E-state index < -0.39 is 0 Å². The zero-order valence-corrected chi connectivity index (χ0v) is 17.2. The second-order valence-corrected chi connectivity index (χ2v) is 10.4. The maximum absolute atomic E-state index is 13.3. The first kappa shape index (κ1) is 17.9. The van der Waals surface area contributed by atoms with Crippen LogP contribution in [0.4, 0.5) is 0 Å². The lowest BCUT2D eigenvalue weighted by Crippen LogP contribution is -2.11. The zero-order chi connectivity index (χ0) is 18.3. The molecule has 0 fully saturated rings. The highest BCUT2D eigenvalue weighted by Gasteiger charge is 2.28. The average molecular weight is 381 g/mol. The van der Waals surface area contributed by atoms with E-state index in [1.165, 1.54) is 25.2 Å². The lowest BCUT2D eigenvalue weighted by molar-refractivity contribution is 0.102. The molecular weight excluding hydrogens is 356 g/mol. The van der Waals surface area contributed by atoms with Crippen LogP contribution in [-0.2, 0) is 11.8 Å². The second-order valence-electron chi connectivity index (χ2n) is 8.08. The Balaban J connectivity index is 1.72. The molecule has 0 aromatic heterocycles. The van der Waals surface area contributed by atoms with Gasteiger partial charge < -0.3 is 0 Å². The maximum atomic E-state index is 13.3. The number of Topliss-reactive ketones (excluding diaryl/α,β-unsaturated/α-hetero) is 1. The quantitative estimate of drug-likeness (QED) is 0.458. The van der Waals surface area contributed by atoms with Crippen LogP contribution in [0, 0.1) is 0 Å². The molecule has 0 saturated carbocycles. The molecule has 0 bridgehead atoms. The Hall–Kier alpha value is -1.45. The van der Waals surface area contributed by atoms with Gasteiger partial charge in [0.05, 0.1) is 4.24 Å². The molecule has 1 aliphatic heterocycles. The van der Waals surface area contributed by atoms with Gasteiger partial charge in [0.25, 0.3) is 0 Å². The fourth-order valence-corrected chi connectivity index (χ4v) is 6.17. The van der Waals surface area contributed by atoms with E-state index in [1.807, 2.05) is 18.2 Å². The van der Waals surface area contributed by atoms with Gasteiger partial charge in [-0.2, -0.15) is 0 Å². The number of carbonyl (C=O) groups excluding carboxylic acids is 1. The summed E-state index contributed by atoms with van der Waals surface area (Å²) in [7, 11) is 0. The van der Waals surface area contributed by atoms with E-state index in [0.717, 1.165) is 36.8 Å². The largest absolute Gasteiger partial charge is 0.289 e. The molecule has 0 radical (unpaired) electrons. The van der Waals surface area contributed by atoms with E-state index in [0.29, 0.717) is 0 Å². The van der Waals surface area contributed by atoms with Crippen molar-refractivity contribution < 1.29 is 4.79 Å². The van der Waals surface area contributed by atoms with Gasteiger partial charge in [0, 0.05) is 20.9 Å². The van der Waals surface area contributed by atoms with E-state index in [-0.39, 0.29) is 11.2 Å². The van der Waals surface area contributed by atoms with Crippen LogP contribution in [0.3, 0.4) is 0 Å². The summed E-state index contributed by atoms with van der Waals surface area (Å²) in [5.74, 6) is 0.235. The number of fused-ring (bicyclic) bond motifs is 2. The highest BCUT2D eigenvalue weighted by atomic mass is 32.2. The molecule has 3 heteroatoms. The van der Waals surface area contributed by atoms with Crippen LogP contribution in [0.1, 0.15) is 61.5 Å². The number of rotatable bonds is 0. The molecule has 0 N–H and O–H groups in total. The van der Waals surface area contributed by atoms with Crippen molar-refractivity contribution in [2.24, 2.45) is 0 Å². The monoisotopic (exact) mass is 380 g/mol. The Morgan fingerprint density at radius 1 is 0.885 bits per heavy atom. The molecule has 2 aliphatic rings. The van der Waals surface area contributed by atoms with Gasteiger partial charge in [-0.05, 0) is 54.4 Å². The van der Waals surface area contributed by atoms with Crippen molar-refractivity contribution in [2.45, 2.75) is 61.7 Å². The van der Waals surface area contributed by atoms with Gasteiger partial charge in [0.2, 0.25) is 0 Å². The Kier molecular flexibility index (Phi) is 4.79. The number of ketones is 1. The predicted molar refractivity (Wildman–Crippen MR) is 112 cm³/mol. The molecule has 134 valence electrons. The molecule has 2 aromatic rings. The molecule has 0 unspecified atom stereocenters. The highest BCUT2D eigenvalue weighted by Crippen LogP contribution is 2.54. The fraction of sp³-hybridized carbons (Fsp3) is 0.348. The van der Waals surface area contributed by atoms with Crippen LogP contribution in [0.15, 0.2) is 62.1 Å². The number of hydrogen-bond acceptors (Lipinski definition) is 3. The Bertz CT molecular complexity index is 903. The van der Waals surface area contributed by atoms with Crippen molar-refractivity contribution in [3.63, 3.8) is 0 Å². The van der Waals surface area contributed by atoms with Crippen LogP contribution in [0.25, 0.3) is 0 Å². The second kappa shape index (κ2) is 6.94. The molecular formula is C23H24OS2. The number of thioether (sulfide) groups is 2. The summed E-state index contributed by atoms with van der Waals surface area (Å²) >= 11 is 3.57. The Labute approximate surface area is 164 Å². The number of carbonyl (C=O) groups is 1. The van der Waals surface area contributed by atoms with Crippen LogP contribution < -0.4 is 0 Å². The van der Waals surface area contributed by atoms with Crippen LogP contribution in [0.2, 0.25) is 0 Å². The van der Waals surface area contributed by atoms with Gasteiger partial charge >= 0.3 is 0 Å². The minimum absolute atomic E-state index is 0.144. The van der Waals surface area contributed by atoms with Crippen molar-refractivity contribution in [3.05, 3.63) is 69.0 Å². The van der Waals surface area contributed by atoms with E-state index in [4.69, 9.17) is 0 Å². The molecule has 4 rings (SSSR count). The van der Waals surface area contributed by atoms with Gasteiger partial charge in [-0.15, -0.1) is 0 Å². The van der Waals surface area contributed by atoms with Crippen molar-refractivity contribution >= 4 is 29.3 Å². The van der Waals surface area contributed by atoms with Crippen LogP contribution in [-0.4, -0.2) is 5.78 Å². The summed E-state index contributed by atoms with van der Waals surface area (Å²) < 4.78 is 1.19. The third-order valence-corrected chi connectivity index (χ3v) is 7.75. The van der Waals surface area contributed by atoms with E-state index in [9.17, 15) is 4.79 Å². The summed E-state index contributed by atoms with van der Waals surface area (Å²) in [6.45, 7) is 6.74. The molecule has 0 atom stereocenters. The number of benzene rings is 2. The van der Waals surface area contributed by atoms with Crippen LogP contribution in [0.5, 0.6) is 0 Å². The molecule has 1 nitrogen and oxygen atoms in total. The summed E-state index contributed by atoms with van der Waals surface area (Å²) in [5.41, 5.74) is 4.62. The van der Waals surface area contributed by atoms with Gasteiger partial charge in [-0.1, -0.05) is 74.6 Å². The molecule has 1 heterocycles. The highest BCUT2D eigenvalue weighted by molar-refractivity contribution is 8.24. The number of hydrogen-bond donors (Lipinski definition) is 0. The standard InChI is InChI=1S/C23H24OS2/c1-23(2,3)16-12-13-19-20(14-16)26-22(25-19)18-11-7-5-9-15-8-4-6-10-17(15)21(18)24/h4,6,8,10,12-14H,5,7,9,11H2,1-3H3/b22-18+. The van der Waals surface area contributed by atoms with Crippen molar-refractivity contribution in [1.82, 2.24) is 0 Å².